The van der Waals surface area contributed by atoms with E-state index in [0.29, 0.717) is 28.3 Å². The van der Waals surface area contributed by atoms with Crippen LogP contribution in [-0.2, 0) is 15.9 Å². The third-order valence-corrected chi connectivity index (χ3v) is 3.50. The molecule has 2 rings (SSSR count). The first kappa shape index (κ1) is 21.8. The molecule has 0 N–H and O–H groups in total. The molecule has 0 unspecified atom stereocenters. The molecule has 0 spiro atoms. The van der Waals surface area contributed by atoms with E-state index < -0.39 is 5.97 Å². The van der Waals surface area contributed by atoms with Gasteiger partial charge in [-0.3, -0.25) is 9.97 Å². The SMILES string of the molecule is COC(=O)c1cc(C#N)c(CC(C)C)nc1C.COC(=O)c1cccnc1. The van der Waals surface area contributed by atoms with Crippen LogP contribution < -0.4 is 0 Å². The van der Waals surface area contributed by atoms with Crippen molar-refractivity contribution in [2.75, 3.05) is 14.2 Å². The van der Waals surface area contributed by atoms with Crippen LogP contribution in [0.1, 0.15) is 51.5 Å². The summed E-state index contributed by atoms with van der Waals surface area (Å²) in [5, 5.41) is 9.06. The minimum Gasteiger partial charge on any atom is -0.465 e. The molecule has 0 aliphatic rings. The minimum atomic E-state index is -0.456. The van der Waals surface area contributed by atoms with Gasteiger partial charge in [0.15, 0.2) is 0 Å². The lowest BCUT2D eigenvalue weighted by Gasteiger charge is -2.10. The van der Waals surface area contributed by atoms with Crippen molar-refractivity contribution < 1.29 is 19.1 Å². The summed E-state index contributed by atoms with van der Waals surface area (Å²) in [6.45, 7) is 5.87. The number of carbonyl (C=O) groups excluding carboxylic acids is 2. The number of hydrogen-bond donors (Lipinski definition) is 0. The molecular weight excluding hydrogens is 346 g/mol. The minimum absolute atomic E-state index is 0.354. The third-order valence-electron chi connectivity index (χ3n) is 3.50. The molecule has 0 saturated heterocycles. The van der Waals surface area contributed by atoms with Crippen molar-refractivity contribution in [1.82, 2.24) is 9.97 Å². The maximum Gasteiger partial charge on any atom is 0.339 e. The van der Waals surface area contributed by atoms with Crippen LogP contribution >= 0.6 is 0 Å². The molecule has 0 aromatic carbocycles. The molecule has 2 aromatic heterocycles. The fraction of sp³-hybridized carbons (Fsp3) is 0.350. The summed E-state index contributed by atoms with van der Waals surface area (Å²) in [7, 11) is 2.66. The van der Waals surface area contributed by atoms with Crippen LogP contribution in [0.4, 0.5) is 0 Å². The van der Waals surface area contributed by atoms with Crippen LogP contribution in [-0.4, -0.2) is 36.1 Å². The van der Waals surface area contributed by atoms with Crippen LogP contribution in [0.2, 0.25) is 0 Å². The highest BCUT2D eigenvalue weighted by atomic mass is 16.5. The number of nitrogens with zero attached hydrogens (tertiary/aromatic N) is 3. The van der Waals surface area contributed by atoms with Gasteiger partial charge >= 0.3 is 11.9 Å². The Kier molecular flexibility index (Phi) is 8.60. The molecule has 0 bridgehead atoms. The van der Waals surface area contributed by atoms with Crippen molar-refractivity contribution in [2.45, 2.75) is 27.2 Å². The molecular formula is C20H23N3O4. The Hall–Kier alpha value is -3.27. The van der Waals surface area contributed by atoms with Gasteiger partial charge in [-0.2, -0.15) is 5.26 Å². The lowest BCUT2D eigenvalue weighted by Crippen LogP contribution is -2.10. The van der Waals surface area contributed by atoms with Crippen LogP contribution in [0.5, 0.6) is 0 Å². The van der Waals surface area contributed by atoms with Crippen LogP contribution in [0.15, 0.2) is 30.6 Å². The van der Waals surface area contributed by atoms with Crippen molar-refractivity contribution in [2.24, 2.45) is 5.92 Å². The second-order valence-electron chi connectivity index (χ2n) is 6.05. The molecule has 142 valence electrons. The van der Waals surface area contributed by atoms with E-state index in [1.807, 2.05) is 0 Å². The average molecular weight is 369 g/mol. The van der Waals surface area contributed by atoms with Crippen LogP contribution in [0.3, 0.4) is 0 Å². The predicted octanol–water partition coefficient (Wildman–Crippen LogP) is 3.12. The summed E-state index contributed by atoms with van der Waals surface area (Å²) in [5.74, 6) is -0.395. The fourth-order valence-electron chi connectivity index (χ4n) is 2.21. The highest BCUT2D eigenvalue weighted by Crippen LogP contribution is 2.16. The van der Waals surface area contributed by atoms with E-state index in [1.54, 1.807) is 31.3 Å². The summed E-state index contributed by atoms with van der Waals surface area (Å²) in [5.41, 5.74) is 2.63. The molecule has 7 heteroatoms. The first-order valence-electron chi connectivity index (χ1n) is 8.31. The van der Waals surface area contributed by atoms with Gasteiger partial charge in [0.05, 0.1) is 42.3 Å². The van der Waals surface area contributed by atoms with Gasteiger partial charge in [-0.1, -0.05) is 13.8 Å². The first-order chi connectivity index (χ1) is 12.8. The van der Waals surface area contributed by atoms with E-state index in [0.717, 1.165) is 12.1 Å². The highest BCUT2D eigenvalue weighted by molar-refractivity contribution is 5.91. The van der Waals surface area contributed by atoms with Gasteiger partial charge in [-0.25, -0.2) is 9.59 Å². The number of hydrogen-bond acceptors (Lipinski definition) is 7. The zero-order chi connectivity index (χ0) is 20.4. The first-order valence-corrected chi connectivity index (χ1v) is 8.31. The molecule has 0 aliphatic heterocycles. The third kappa shape index (κ3) is 6.51. The number of aromatic nitrogens is 2. The normalized spacial score (nSPS) is 9.67. The second-order valence-corrected chi connectivity index (χ2v) is 6.05. The molecule has 7 nitrogen and oxygen atoms in total. The second kappa shape index (κ2) is 10.7. The van der Waals surface area contributed by atoms with Gasteiger partial charge in [-0.05, 0) is 37.5 Å². The molecule has 27 heavy (non-hydrogen) atoms. The van der Waals surface area contributed by atoms with Crippen molar-refractivity contribution in [3.05, 3.63) is 58.7 Å². The standard InChI is InChI=1S/C13H16N2O2.C7H7NO2/c1-8(2)5-12-10(7-14)6-11(9(3)15-12)13(16)17-4;1-10-7(9)6-3-2-4-8-5-6/h6,8H,5H2,1-4H3;2-5H,1H3. The van der Waals surface area contributed by atoms with E-state index in [4.69, 9.17) is 5.26 Å². The summed E-state index contributed by atoms with van der Waals surface area (Å²) in [6.07, 6.45) is 3.80. The Bertz CT molecular complexity index is 827. The van der Waals surface area contributed by atoms with Crippen molar-refractivity contribution in [1.29, 1.82) is 5.26 Å². The van der Waals surface area contributed by atoms with Crippen molar-refractivity contribution >= 4 is 11.9 Å². The largest absolute Gasteiger partial charge is 0.465 e. The van der Waals surface area contributed by atoms with Gasteiger partial charge in [0.1, 0.15) is 6.07 Å². The van der Waals surface area contributed by atoms with Crippen molar-refractivity contribution in [3.63, 3.8) is 0 Å². The Labute approximate surface area is 159 Å². The van der Waals surface area contributed by atoms with Crippen LogP contribution in [0, 0.1) is 24.2 Å². The van der Waals surface area contributed by atoms with Gasteiger partial charge in [0.2, 0.25) is 0 Å². The molecule has 0 amide bonds. The Morgan fingerprint density at radius 1 is 1.22 bits per heavy atom. The van der Waals surface area contributed by atoms with Gasteiger partial charge in [-0.15, -0.1) is 0 Å². The zero-order valence-corrected chi connectivity index (χ0v) is 16.1. The summed E-state index contributed by atoms with van der Waals surface area (Å²) >= 11 is 0. The molecule has 2 heterocycles. The zero-order valence-electron chi connectivity index (χ0n) is 16.1. The number of ether oxygens (including phenoxy) is 2. The Morgan fingerprint density at radius 2 is 1.89 bits per heavy atom. The highest BCUT2D eigenvalue weighted by Gasteiger charge is 2.15. The number of carbonyl (C=O) groups is 2. The van der Waals surface area contributed by atoms with E-state index >= 15 is 0 Å². The average Bonchev–Trinajstić information content (AvgIpc) is 2.67. The van der Waals surface area contributed by atoms with Crippen molar-refractivity contribution in [3.8, 4) is 6.07 Å². The van der Waals surface area contributed by atoms with E-state index in [2.05, 4.69) is 39.4 Å². The van der Waals surface area contributed by atoms with E-state index in [9.17, 15) is 9.59 Å². The maximum atomic E-state index is 11.5. The summed E-state index contributed by atoms with van der Waals surface area (Å²) < 4.78 is 9.11. The Morgan fingerprint density at radius 3 is 2.37 bits per heavy atom. The Balaban J connectivity index is 0.000000309. The van der Waals surface area contributed by atoms with E-state index in [-0.39, 0.29) is 5.97 Å². The molecule has 2 aromatic rings. The molecule has 0 saturated carbocycles. The van der Waals surface area contributed by atoms with E-state index in [1.165, 1.54) is 20.4 Å². The monoisotopic (exact) mass is 369 g/mol. The number of aryl methyl sites for hydroxylation is 1. The number of nitriles is 1. The lowest BCUT2D eigenvalue weighted by molar-refractivity contribution is 0.0590. The van der Waals surface area contributed by atoms with Gasteiger partial charge in [0, 0.05) is 12.4 Å². The number of esters is 2. The number of rotatable bonds is 4. The summed E-state index contributed by atoms with van der Waals surface area (Å²) in [4.78, 5) is 30.3. The van der Waals surface area contributed by atoms with Crippen LogP contribution in [0.25, 0.3) is 0 Å². The fourth-order valence-corrected chi connectivity index (χ4v) is 2.21. The van der Waals surface area contributed by atoms with Gasteiger partial charge < -0.3 is 9.47 Å². The molecule has 0 radical (unpaired) electrons. The quantitative estimate of drug-likeness (QED) is 0.763. The maximum absolute atomic E-state index is 11.5. The smallest absolute Gasteiger partial charge is 0.339 e. The molecule has 0 aliphatic carbocycles. The van der Waals surface area contributed by atoms with Gasteiger partial charge in [0.25, 0.3) is 0 Å². The summed E-state index contributed by atoms with van der Waals surface area (Å²) in [6, 6.07) is 6.98. The number of methoxy groups -OCH3 is 2. The molecule has 0 fully saturated rings. The molecule has 0 atom stereocenters. The topological polar surface area (TPSA) is 102 Å². The number of pyridine rings is 2. The predicted molar refractivity (Wildman–Crippen MR) is 99.1 cm³/mol. The lowest BCUT2D eigenvalue weighted by atomic mass is 10.0.